The highest BCUT2D eigenvalue weighted by Gasteiger charge is 2.11. The second-order valence-corrected chi connectivity index (χ2v) is 4.56. The Labute approximate surface area is 99.4 Å². The predicted molar refractivity (Wildman–Crippen MR) is 67.7 cm³/mol. The molecule has 82 valence electrons. The summed E-state index contributed by atoms with van der Waals surface area (Å²) < 4.78 is 0.975. The lowest BCUT2D eigenvalue weighted by Gasteiger charge is -2.28. The van der Waals surface area contributed by atoms with Gasteiger partial charge in [-0.15, -0.1) is 0 Å². The lowest BCUT2D eigenvalue weighted by atomic mass is 10.2. The second-order valence-electron chi connectivity index (χ2n) is 3.71. The summed E-state index contributed by atoms with van der Waals surface area (Å²) in [5, 5.41) is 0. The Morgan fingerprint density at radius 3 is 2.53 bits per heavy atom. The summed E-state index contributed by atoms with van der Waals surface area (Å²) in [7, 11) is 0. The zero-order valence-electron chi connectivity index (χ0n) is 9.33. The van der Waals surface area contributed by atoms with Crippen molar-refractivity contribution in [2.45, 2.75) is 26.8 Å². The van der Waals surface area contributed by atoms with E-state index in [-0.39, 0.29) is 0 Å². The van der Waals surface area contributed by atoms with E-state index >= 15 is 0 Å². The fourth-order valence-electron chi connectivity index (χ4n) is 1.64. The molecule has 2 nitrogen and oxygen atoms in total. The second kappa shape index (κ2) is 5.31. The van der Waals surface area contributed by atoms with E-state index in [0.29, 0.717) is 11.6 Å². The number of anilines is 1. The van der Waals surface area contributed by atoms with Gasteiger partial charge in [0.25, 0.3) is 0 Å². The van der Waals surface area contributed by atoms with Crippen molar-refractivity contribution >= 4 is 27.9 Å². The smallest absolute Gasteiger partial charge is 0.150 e. The molecule has 1 aromatic carbocycles. The third-order valence-corrected chi connectivity index (χ3v) is 3.02. The summed E-state index contributed by atoms with van der Waals surface area (Å²) in [5.74, 6) is 0. The van der Waals surface area contributed by atoms with Crippen molar-refractivity contribution in [1.29, 1.82) is 0 Å². The molecule has 0 aromatic heterocycles. The number of rotatable bonds is 4. The molecular weight excluding hydrogens is 254 g/mol. The highest BCUT2D eigenvalue weighted by molar-refractivity contribution is 9.10. The Morgan fingerprint density at radius 2 is 2.13 bits per heavy atom. The van der Waals surface area contributed by atoms with E-state index < -0.39 is 0 Å². The largest absolute Gasteiger partial charge is 0.368 e. The molecule has 0 bridgehead atoms. The van der Waals surface area contributed by atoms with E-state index in [1.54, 1.807) is 0 Å². The maximum atomic E-state index is 10.6. The van der Waals surface area contributed by atoms with Gasteiger partial charge in [0.05, 0.1) is 5.69 Å². The van der Waals surface area contributed by atoms with Gasteiger partial charge in [0, 0.05) is 22.6 Å². The average molecular weight is 270 g/mol. The number of carbonyl (C=O) groups is 1. The summed E-state index contributed by atoms with van der Waals surface area (Å²) >= 11 is 3.50. The van der Waals surface area contributed by atoms with Crippen LogP contribution in [0.15, 0.2) is 22.7 Å². The first-order valence-corrected chi connectivity index (χ1v) is 5.90. The summed E-state index contributed by atoms with van der Waals surface area (Å²) in [6.45, 7) is 7.39. The van der Waals surface area contributed by atoms with Gasteiger partial charge >= 0.3 is 0 Å². The molecule has 0 unspecified atom stereocenters. The Balaban J connectivity index is 3.08. The molecule has 0 saturated carbocycles. The van der Waals surface area contributed by atoms with Gasteiger partial charge in [-0.1, -0.05) is 0 Å². The molecule has 0 aliphatic rings. The van der Waals surface area contributed by atoms with Gasteiger partial charge < -0.3 is 4.90 Å². The molecule has 3 heteroatoms. The van der Waals surface area contributed by atoms with Gasteiger partial charge in [-0.05, 0) is 54.9 Å². The summed E-state index contributed by atoms with van der Waals surface area (Å²) in [5.41, 5.74) is 1.84. The highest BCUT2D eigenvalue weighted by atomic mass is 79.9. The van der Waals surface area contributed by atoms with E-state index in [1.807, 2.05) is 18.2 Å². The predicted octanol–water partition coefficient (Wildman–Crippen LogP) is 3.50. The molecule has 0 radical (unpaired) electrons. The van der Waals surface area contributed by atoms with Gasteiger partial charge in [0.2, 0.25) is 0 Å². The number of hydrogen-bond donors (Lipinski definition) is 0. The van der Waals surface area contributed by atoms with Crippen molar-refractivity contribution in [3.63, 3.8) is 0 Å². The summed E-state index contributed by atoms with van der Waals surface area (Å²) in [6.07, 6.45) is 0.861. The van der Waals surface area contributed by atoms with Crippen LogP contribution < -0.4 is 4.90 Å². The molecule has 1 rings (SSSR count). The van der Waals surface area contributed by atoms with Crippen molar-refractivity contribution in [3.8, 4) is 0 Å². The number of halogens is 1. The van der Waals surface area contributed by atoms with Crippen LogP contribution in [-0.4, -0.2) is 18.9 Å². The molecule has 0 amide bonds. The van der Waals surface area contributed by atoms with Crippen LogP contribution in [0.25, 0.3) is 0 Å². The first-order valence-electron chi connectivity index (χ1n) is 5.11. The maximum Gasteiger partial charge on any atom is 0.150 e. The van der Waals surface area contributed by atoms with Crippen LogP contribution in [0.5, 0.6) is 0 Å². The lowest BCUT2D eigenvalue weighted by Crippen LogP contribution is -2.30. The molecular formula is C12H16BrNO. The molecule has 0 N–H and O–H groups in total. The molecule has 1 aromatic rings. The van der Waals surface area contributed by atoms with E-state index in [2.05, 4.69) is 41.6 Å². The van der Waals surface area contributed by atoms with Crippen molar-refractivity contribution in [3.05, 3.63) is 28.2 Å². The highest BCUT2D eigenvalue weighted by Crippen LogP contribution is 2.28. The molecule has 0 fully saturated rings. The van der Waals surface area contributed by atoms with Crippen molar-refractivity contribution < 1.29 is 4.79 Å². The maximum absolute atomic E-state index is 10.6. The number of aldehydes is 1. The van der Waals surface area contributed by atoms with Gasteiger partial charge in [-0.25, -0.2) is 0 Å². The molecule has 0 saturated heterocycles. The molecule has 0 spiro atoms. The normalized spacial score (nSPS) is 10.5. The Kier molecular flexibility index (Phi) is 4.33. The standard InChI is InChI=1S/C12H16BrNO/c1-4-14(9(2)3)12-6-5-10(8-15)7-11(12)13/h5-9H,4H2,1-3H3. The molecule has 15 heavy (non-hydrogen) atoms. The zero-order valence-corrected chi connectivity index (χ0v) is 10.9. The molecule has 0 atom stereocenters. The minimum atomic E-state index is 0.452. The number of nitrogens with zero attached hydrogens (tertiary/aromatic N) is 1. The summed E-state index contributed by atoms with van der Waals surface area (Å²) in [4.78, 5) is 12.9. The topological polar surface area (TPSA) is 20.3 Å². The Bertz CT molecular complexity index is 349. The van der Waals surface area contributed by atoms with E-state index in [9.17, 15) is 4.79 Å². The van der Waals surface area contributed by atoms with E-state index in [4.69, 9.17) is 0 Å². The molecule has 0 aliphatic heterocycles. The van der Waals surface area contributed by atoms with Crippen molar-refractivity contribution in [2.24, 2.45) is 0 Å². The van der Waals surface area contributed by atoms with Gasteiger partial charge in [-0.2, -0.15) is 0 Å². The SMILES string of the molecule is CCN(c1ccc(C=O)cc1Br)C(C)C. The van der Waals surface area contributed by atoms with Crippen molar-refractivity contribution in [2.75, 3.05) is 11.4 Å². The van der Waals surface area contributed by atoms with Crippen LogP contribution in [-0.2, 0) is 0 Å². The van der Waals surface area contributed by atoms with Crippen LogP contribution in [0.1, 0.15) is 31.1 Å². The van der Waals surface area contributed by atoms with Crippen LogP contribution >= 0.6 is 15.9 Å². The van der Waals surface area contributed by atoms with Crippen LogP contribution in [0.2, 0.25) is 0 Å². The zero-order chi connectivity index (χ0) is 11.4. The lowest BCUT2D eigenvalue weighted by molar-refractivity contribution is 0.112. The fourth-order valence-corrected chi connectivity index (χ4v) is 2.27. The fraction of sp³-hybridized carbons (Fsp3) is 0.417. The minimum absolute atomic E-state index is 0.452. The van der Waals surface area contributed by atoms with Gasteiger partial charge in [0.15, 0.2) is 0 Å². The molecule has 0 aliphatic carbocycles. The van der Waals surface area contributed by atoms with Crippen LogP contribution in [0.4, 0.5) is 5.69 Å². The van der Waals surface area contributed by atoms with Crippen molar-refractivity contribution in [1.82, 2.24) is 0 Å². The van der Waals surface area contributed by atoms with Gasteiger partial charge in [-0.3, -0.25) is 4.79 Å². The first-order chi connectivity index (χ1) is 7.10. The van der Waals surface area contributed by atoms with E-state index in [1.165, 1.54) is 0 Å². The minimum Gasteiger partial charge on any atom is -0.368 e. The average Bonchev–Trinajstić information content (AvgIpc) is 2.20. The number of benzene rings is 1. The monoisotopic (exact) mass is 269 g/mol. The number of hydrogen-bond acceptors (Lipinski definition) is 2. The Hall–Kier alpha value is -0.830. The van der Waals surface area contributed by atoms with Crippen LogP contribution in [0.3, 0.4) is 0 Å². The Morgan fingerprint density at radius 1 is 1.47 bits per heavy atom. The quantitative estimate of drug-likeness (QED) is 0.780. The van der Waals surface area contributed by atoms with Crippen LogP contribution in [0, 0.1) is 0 Å². The third kappa shape index (κ3) is 2.81. The number of carbonyl (C=O) groups excluding carboxylic acids is 1. The van der Waals surface area contributed by atoms with Gasteiger partial charge in [0.1, 0.15) is 6.29 Å². The van der Waals surface area contributed by atoms with E-state index in [0.717, 1.165) is 23.0 Å². The molecule has 0 heterocycles. The summed E-state index contributed by atoms with van der Waals surface area (Å²) in [6, 6.07) is 6.14. The first kappa shape index (κ1) is 12.2. The third-order valence-electron chi connectivity index (χ3n) is 2.38.